The summed E-state index contributed by atoms with van der Waals surface area (Å²) in [7, 11) is 1.87. The first kappa shape index (κ1) is 11.2. The average Bonchev–Trinajstić information content (AvgIpc) is 2.87. The van der Waals surface area contributed by atoms with Crippen LogP contribution < -0.4 is 10.6 Å². The number of likely N-dealkylation sites (tertiary alicyclic amines) is 1. The number of thiazole rings is 1. The summed E-state index contributed by atoms with van der Waals surface area (Å²) in [4.78, 5) is 19.8. The van der Waals surface area contributed by atoms with Crippen LogP contribution in [0.2, 0.25) is 0 Å². The van der Waals surface area contributed by atoms with Gasteiger partial charge in [-0.1, -0.05) is 11.3 Å². The lowest BCUT2D eigenvalue weighted by Crippen LogP contribution is -2.37. The van der Waals surface area contributed by atoms with Crippen LogP contribution in [-0.2, 0) is 4.79 Å². The molecule has 0 bridgehead atoms. The number of nitrogens with zero attached hydrogens (tertiary/aromatic N) is 3. The highest BCUT2D eigenvalue weighted by molar-refractivity contribution is 7.19. The summed E-state index contributed by atoms with van der Waals surface area (Å²) in [6, 6.07) is 0. The lowest BCUT2D eigenvalue weighted by atomic mass is 10.4. The molecule has 6 heteroatoms. The Morgan fingerprint density at radius 3 is 2.88 bits per heavy atom. The molecule has 0 unspecified atom stereocenters. The molecule has 1 fully saturated rings. The first-order chi connectivity index (χ1) is 7.66. The average molecular weight is 240 g/mol. The first-order valence-corrected chi connectivity index (χ1v) is 6.18. The van der Waals surface area contributed by atoms with E-state index in [2.05, 4.69) is 4.98 Å². The first-order valence-electron chi connectivity index (χ1n) is 5.37. The molecule has 1 amide bonds. The number of aromatic nitrogens is 1. The fraction of sp³-hybridized carbons (Fsp3) is 0.600. The highest BCUT2D eigenvalue weighted by Gasteiger charge is 2.19. The second-order valence-electron chi connectivity index (χ2n) is 3.99. The van der Waals surface area contributed by atoms with Gasteiger partial charge in [-0.25, -0.2) is 4.98 Å². The van der Waals surface area contributed by atoms with Crippen molar-refractivity contribution in [1.29, 1.82) is 0 Å². The van der Waals surface area contributed by atoms with Crippen molar-refractivity contribution in [3.8, 4) is 0 Å². The second-order valence-corrected chi connectivity index (χ2v) is 5.03. The Morgan fingerprint density at radius 1 is 1.62 bits per heavy atom. The van der Waals surface area contributed by atoms with E-state index in [1.807, 2.05) is 16.8 Å². The van der Waals surface area contributed by atoms with Gasteiger partial charge in [0.2, 0.25) is 5.91 Å². The number of nitrogen functional groups attached to an aromatic ring is 1. The molecule has 5 nitrogen and oxygen atoms in total. The maximum absolute atomic E-state index is 11.9. The minimum atomic E-state index is 0.175. The smallest absolute Gasteiger partial charge is 0.242 e. The van der Waals surface area contributed by atoms with Gasteiger partial charge < -0.3 is 15.5 Å². The molecule has 2 N–H and O–H groups in total. The van der Waals surface area contributed by atoms with E-state index in [0.29, 0.717) is 11.5 Å². The highest BCUT2D eigenvalue weighted by Crippen LogP contribution is 2.22. The molecule has 1 aliphatic rings. The third kappa shape index (κ3) is 2.44. The number of rotatable bonds is 3. The molecule has 0 radical (unpaired) electrons. The van der Waals surface area contributed by atoms with Crippen LogP contribution in [0.4, 0.5) is 10.1 Å². The number of anilines is 2. The summed E-state index contributed by atoms with van der Waals surface area (Å²) in [6.07, 6.45) is 3.87. The Balaban J connectivity index is 1.91. The Bertz CT molecular complexity index is 373. The van der Waals surface area contributed by atoms with Crippen molar-refractivity contribution in [3.63, 3.8) is 0 Å². The van der Waals surface area contributed by atoms with Crippen molar-refractivity contribution >= 4 is 27.4 Å². The zero-order chi connectivity index (χ0) is 11.5. The standard InChI is InChI=1S/C10H16N4OS/c1-13(10-12-6-8(11)16-10)7-9(15)14-4-2-3-5-14/h6H,2-5,7,11H2,1H3. The molecule has 1 aromatic rings. The highest BCUT2D eigenvalue weighted by atomic mass is 32.1. The molecule has 1 aromatic heterocycles. The number of likely N-dealkylation sites (N-methyl/N-ethyl adjacent to an activating group) is 1. The minimum absolute atomic E-state index is 0.175. The molecule has 88 valence electrons. The quantitative estimate of drug-likeness (QED) is 0.848. The summed E-state index contributed by atoms with van der Waals surface area (Å²) >= 11 is 1.40. The van der Waals surface area contributed by atoms with Crippen molar-refractivity contribution in [2.45, 2.75) is 12.8 Å². The number of carbonyl (C=O) groups excluding carboxylic acids is 1. The Kier molecular flexibility index (Phi) is 3.28. The van der Waals surface area contributed by atoms with Crippen LogP contribution in [0.15, 0.2) is 6.20 Å². The number of carbonyl (C=O) groups is 1. The molecule has 2 heterocycles. The third-order valence-corrected chi connectivity index (χ3v) is 3.61. The Labute approximate surface area is 98.9 Å². The van der Waals surface area contributed by atoms with Gasteiger partial charge in [0.25, 0.3) is 0 Å². The zero-order valence-corrected chi connectivity index (χ0v) is 10.2. The summed E-state index contributed by atoms with van der Waals surface area (Å²) < 4.78 is 0. The molecule has 0 atom stereocenters. The monoisotopic (exact) mass is 240 g/mol. The van der Waals surface area contributed by atoms with Gasteiger partial charge in [-0.05, 0) is 12.8 Å². The van der Waals surface area contributed by atoms with Gasteiger partial charge in [0, 0.05) is 20.1 Å². The Morgan fingerprint density at radius 2 is 2.31 bits per heavy atom. The van der Waals surface area contributed by atoms with Crippen LogP contribution in [0.3, 0.4) is 0 Å². The van der Waals surface area contributed by atoms with Crippen LogP contribution in [0.25, 0.3) is 0 Å². The van der Waals surface area contributed by atoms with E-state index in [-0.39, 0.29) is 5.91 Å². The number of hydrogen-bond acceptors (Lipinski definition) is 5. The van der Waals surface area contributed by atoms with Crippen molar-refractivity contribution in [2.24, 2.45) is 0 Å². The summed E-state index contributed by atoms with van der Waals surface area (Å²) in [5.74, 6) is 0.175. The van der Waals surface area contributed by atoms with Crippen LogP contribution in [0, 0.1) is 0 Å². The van der Waals surface area contributed by atoms with Crippen LogP contribution in [0.5, 0.6) is 0 Å². The molecule has 0 saturated carbocycles. The molecule has 16 heavy (non-hydrogen) atoms. The second kappa shape index (κ2) is 4.69. The predicted molar refractivity (Wildman–Crippen MR) is 65.6 cm³/mol. The largest absolute Gasteiger partial charge is 0.389 e. The number of hydrogen-bond donors (Lipinski definition) is 1. The molecular formula is C10H16N4OS. The Hall–Kier alpha value is -1.30. The van der Waals surface area contributed by atoms with Gasteiger partial charge >= 0.3 is 0 Å². The summed E-state index contributed by atoms with van der Waals surface area (Å²) in [5.41, 5.74) is 5.60. The topological polar surface area (TPSA) is 62.5 Å². The molecule has 1 saturated heterocycles. The van der Waals surface area contributed by atoms with Crippen molar-refractivity contribution in [3.05, 3.63) is 6.20 Å². The molecule has 2 rings (SSSR count). The van der Waals surface area contributed by atoms with E-state index in [9.17, 15) is 4.79 Å². The summed E-state index contributed by atoms with van der Waals surface area (Å²) in [5, 5.41) is 1.47. The lowest BCUT2D eigenvalue weighted by Gasteiger charge is -2.20. The van der Waals surface area contributed by atoms with E-state index in [4.69, 9.17) is 5.73 Å². The number of amides is 1. The van der Waals surface area contributed by atoms with Gasteiger partial charge in [-0.3, -0.25) is 4.79 Å². The summed E-state index contributed by atoms with van der Waals surface area (Å²) in [6.45, 7) is 2.17. The normalized spacial score (nSPS) is 15.4. The van der Waals surface area contributed by atoms with Gasteiger partial charge in [0.15, 0.2) is 5.13 Å². The fourth-order valence-electron chi connectivity index (χ4n) is 1.79. The van der Waals surface area contributed by atoms with Crippen molar-refractivity contribution in [2.75, 3.05) is 37.3 Å². The van der Waals surface area contributed by atoms with Crippen molar-refractivity contribution < 1.29 is 4.79 Å². The molecule has 1 aliphatic heterocycles. The maximum Gasteiger partial charge on any atom is 0.242 e. The number of nitrogens with two attached hydrogens (primary N) is 1. The van der Waals surface area contributed by atoms with Crippen LogP contribution in [-0.4, -0.2) is 42.5 Å². The fourth-order valence-corrected chi connectivity index (χ4v) is 2.43. The van der Waals surface area contributed by atoms with Gasteiger partial charge in [-0.2, -0.15) is 0 Å². The van der Waals surface area contributed by atoms with Gasteiger partial charge in [-0.15, -0.1) is 0 Å². The third-order valence-electron chi connectivity index (χ3n) is 2.67. The van der Waals surface area contributed by atoms with E-state index in [0.717, 1.165) is 31.1 Å². The van der Waals surface area contributed by atoms with Crippen molar-refractivity contribution in [1.82, 2.24) is 9.88 Å². The lowest BCUT2D eigenvalue weighted by molar-refractivity contribution is -0.128. The van der Waals surface area contributed by atoms with E-state index in [1.54, 1.807) is 6.20 Å². The van der Waals surface area contributed by atoms with Crippen LogP contribution >= 0.6 is 11.3 Å². The minimum Gasteiger partial charge on any atom is -0.389 e. The van der Waals surface area contributed by atoms with E-state index in [1.165, 1.54) is 11.3 Å². The SMILES string of the molecule is CN(CC(=O)N1CCCC1)c1ncc(N)s1. The maximum atomic E-state index is 11.9. The van der Waals surface area contributed by atoms with Gasteiger partial charge in [0.05, 0.1) is 12.7 Å². The molecule has 0 aromatic carbocycles. The van der Waals surface area contributed by atoms with E-state index >= 15 is 0 Å². The zero-order valence-electron chi connectivity index (χ0n) is 9.35. The predicted octanol–water partition coefficient (Wildman–Crippen LogP) is 0.784. The molecular weight excluding hydrogens is 224 g/mol. The van der Waals surface area contributed by atoms with Crippen LogP contribution in [0.1, 0.15) is 12.8 Å². The molecule has 0 spiro atoms. The van der Waals surface area contributed by atoms with Gasteiger partial charge in [0.1, 0.15) is 5.00 Å². The van der Waals surface area contributed by atoms with E-state index < -0.39 is 0 Å². The molecule has 0 aliphatic carbocycles.